The Morgan fingerprint density at radius 1 is 1.16 bits per heavy atom. The molecule has 288 valence electrons. The fourth-order valence-corrected chi connectivity index (χ4v) is 9.41. The number of aliphatic hydroxyl groups excluding tert-OH is 1. The fraction of sp³-hybridized carbons (Fsp3) is 0.395. The quantitative estimate of drug-likeness (QED) is 0.139. The zero-order chi connectivity index (χ0) is 38.8. The lowest BCUT2D eigenvalue weighted by atomic mass is 9.66. The first-order valence-electron chi connectivity index (χ1n) is 19.0. The van der Waals surface area contributed by atoms with Gasteiger partial charge in [0.25, 0.3) is 0 Å². The minimum atomic E-state index is -1.17. The maximum atomic E-state index is 13.9. The SMILES string of the molecule is C/C=C(/C)C(=O)O[C@@H]1Cc2c3c(c4oc(CO)cc(=O)c4c2O)[C@@H](Cc2cccc(O)c2)C2=CCNC(N)=C2C[C@H]2CCC4=CC(N)NC=C4C[C@H]2[C@]1(C)O3. The molecule has 2 bridgehead atoms. The number of dihydropyridines is 2. The molecule has 1 aliphatic carbocycles. The molecule has 0 spiro atoms. The summed E-state index contributed by atoms with van der Waals surface area (Å²) < 4.78 is 20.2. The number of nitrogens with one attached hydrogen (secondary N) is 2. The third-order valence-corrected chi connectivity index (χ3v) is 12.4. The lowest BCUT2D eigenvalue weighted by molar-refractivity contribution is -0.167. The minimum absolute atomic E-state index is 0.0213. The lowest BCUT2D eigenvalue weighted by Crippen LogP contribution is -2.58. The summed E-state index contributed by atoms with van der Waals surface area (Å²) in [7, 11) is 0. The van der Waals surface area contributed by atoms with Gasteiger partial charge in [-0.05, 0) is 105 Å². The molecular weight excluding hydrogens is 700 g/mol. The second-order valence-corrected chi connectivity index (χ2v) is 15.6. The Kier molecular flexibility index (Phi) is 9.29. The van der Waals surface area contributed by atoms with Crippen molar-refractivity contribution in [3.05, 3.63) is 121 Å². The van der Waals surface area contributed by atoms with Gasteiger partial charge in [-0.1, -0.05) is 24.3 Å². The van der Waals surface area contributed by atoms with Gasteiger partial charge in [0, 0.05) is 53.8 Å². The van der Waals surface area contributed by atoms with Crippen molar-refractivity contribution < 1.29 is 34.0 Å². The number of benzene rings is 2. The largest absolute Gasteiger partial charge is 0.508 e. The Labute approximate surface area is 318 Å². The van der Waals surface area contributed by atoms with Crippen molar-refractivity contribution in [2.45, 2.75) is 89.7 Å². The van der Waals surface area contributed by atoms with Crippen LogP contribution in [0.25, 0.3) is 11.0 Å². The number of phenols is 2. The zero-order valence-electron chi connectivity index (χ0n) is 31.3. The predicted octanol–water partition coefficient (Wildman–Crippen LogP) is 4.81. The minimum Gasteiger partial charge on any atom is -0.508 e. The van der Waals surface area contributed by atoms with E-state index in [2.05, 4.69) is 22.8 Å². The molecule has 5 heterocycles. The lowest BCUT2D eigenvalue weighted by Gasteiger charge is -2.50. The molecule has 55 heavy (non-hydrogen) atoms. The number of aliphatic hydroxyl groups is 1. The van der Waals surface area contributed by atoms with Crippen LogP contribution in [0.2, 0.25) is 0 Å². The third kappa shape index (κ3) is 6.27. The number of phenolic OH excluding ortho intramolecular Hbond substituents is 2. The van der Waals surface area contributed by atoms with Crippen molar-refractivity contribution in [3.63, 3.8) is 0 Å². The highest BCUT2D eigenvalue weighted by Crippen LogP contribution is 2.57. The Balaban J connectivity index is 1.46. The molecule has 3 aromatic rings. The Hall–Kier alpha value is -5.46. The summed E-state index contributed by atoms with van der Waals surface area (Å²) in [6, 6.07) is 8.19. The van der Waals surface area contributed by atoms with Crippen molar-refractivity contribution in [2.75, 3.05) is 6.54 Å². The maximum Gasteiger partial charge on any atom is 0.333 e. The summed E-state index contributed by atoms with van der Waals surface area (Å²) in [6.45, 7) is 5.36. The number of ether oxygens (including phenoxy) is 2. The predicted molar refractivity (Wildman–Crippen MR) is 207 cm³/mol. The normalized spacial score (nSPS) is 27.4. The first-order chi connectivity index (χ1) is 26.4. The number of fused-ring (bicyclic) bond motifs is 7. The summed E-state index contributed by atoms with van der Waals surface area (Å²) in [5, 5.41) is 39.5. The van der Waals surface area contributed by atoms with Gasteiger partial charge in [-0.25, -0.2) is 4.79 Å². The molecule has 4 aliphatic heterocycles. The molecule has 12 heteroatoms. The van der Waals surface area contributed by atoms with Crippen LogP contribution in [0.3, 0.4) is 0 Å². The average Bonchev–Trinajstić information content (AvgIpc) is 3.34. The van der Waals surface area contributed by atoms with Crippen LogP contribution in [0.4, 0.5) is 0 Å². The van der Waals surface area contributed by atoms with Crippen LogP contribution in [0.5, 0.6) is 17.2 Å². The fourth-order valence-electron chi connectivity index (χ4n) is 9.41. The molecular formula is C43H48N4O8. The number of nitrogens with two attached hydrogens (primary N) is 2. The van der Waals surface area contributed by atoms with Crippen molar-refractivity contribution in [1.82, 2.24) is 10.6 Å². The van der Waals surface area contributed by atoms with E-state index < -0.39 is 35.6 Å². The monoisotopic (exact) mass is 748 g/mol. The van der Waals surface area contributed by atoms with E-state index >= 15 is 0 Å². The van der Waals surface area contributed by atoms with E-state index in [0.29, 0.717) is 54.1 Å². The van der Waals surface area contributed by atoms with Crippen LogP contribution in [-0.2, 0) is 29.0 Å². The zero-order valence-corrected chi connectivity index (χ0v) is 31.3. The maximum absolute atomic E-state index is 13.9. The molecule has 0 radical (unpaired) electrons. The van der Waals surface area contributed by atoms with Gasteiger partial charge in [0.1, 0.15) is 52.3 Å². The van der Waals surface area contributed by atoms with Crippen molar-refractivity contribution in [1.29, 1.82) is 0 Å². The average molecular weight is 749 g/mol. The van der Waals surface area contributed by atoms with E-state index in [-0.39, 0.29) is 52.7 Å². The van der Waals surface area contributed by atoms with E-state index in [0.717, 1.165) is 40.7 Å². The van der Waals surface area contributed by atoms with Gasteiger partial charge >= 0.3 is 5.97 Å². The van der Waals surface area contributed by atoms with Crippen molar-refractivity contribution in [3.8, 4) is 17.2 Å². The summed E-state index contributed by atoms with van der Waals surface area (Å²) >= 11 is 0. The smallest absolute Gasteiger partial charge is 0.333 e. The molecule has 5 aliphatic rings. The Morgan fingerprint density at radius 3 is 2.75 bits per heavy atom. The van der Waals surface area contributed by atoms with E-state index in [9.17, 15) is 24.9 Å². The van der Waals surface area contributed by atoms with E-state index in [1.54, 1.807) is 38.1 Å². The highest BCUT2D eigenvalue weighted by atomic mass is 16.6. The molecule has 2 aromatic carbocycles. The summed E-state index contributed by atoms with van der Waals surface area (Å²) in [4.78, 5) is 27.6. The van der Waals surface area contributed by atoms with E-state index in [1.807, 2.05) is 19.2 Å². The molecule has 1 unspecified atom stereocenters. The summed E-state index contributed by atoms with van der Waals surface area (Å²) in [6.07, 6.45) is 9.73. The standard InChI is InChI=1S/C43H48N4O8/c1-4-21(2)42(52)54-34-18-31-38(51)37-33(50)17-27(20-48)53-40(37)36-29(13-22-6-5-7-26(49)12-22)28-10-11-46-41(45)30(28)14-24-9-8-23-16-35(44)47-19-25(23)15-32(24)43(34,3)55-39(31)36/h4-7,10,12,16-17,19,24,29,32,34-35,46-49,51H,8-9,11,13-15,18,20,44-45H2,1-3H3/b21-4-/t24-,29+,32-,34-,35?,43+/m1/s1. The van der Waals surface area contributed by atoms with Crippen molar-refractivity contribution >= 4 is 16.9 Å². The van der Waals surface area contributed by atoms with Crippen LogP contribution in [0.15, 0.2) is 97.7 Å². The number of carbonyl (C=O) groups excluding carboxylic acids is 1. The molecule has 12 nitrogen and oxygen atoms in total. The number of rotatable bonds is 5. The second-order valence-electron chi connectivity index (χ2n) is 15.6. The molecule has 9 N–H and O–H groups in total. The molecule has 8 rings (SSSR count). The number of hydrogen-bond acceptors (Lipinski definition) is 12. The third-order valence-electron chi connectivity index (χ3n) is 12.4. The molecule has 0 amide bonds. The summed E-state index contributed by atoms with van der Waals surface area (Å²) in [5.41, 5.74) is 17.8. The molecule has 1 saturated carbocycles. The first-order valence-corrected chi connectivity index (χ1v) is 19.0. The van der Waals surface area contributed by atoms with Crippen LogP contribution >= 0.6 is 0 Å². The van der Waals surface area contributed by atoms with Gasteiger partial charge in [0.2, 0.25) is 0 Å². The molecule has 1 aromatic heterocycles. The van der Waals surface area contributed by atoms with E-state index in [4.69, 9.17) is 25.4 Å². The van der Waals surface area contributed by atoms with Gasteiger partial charge in [-0.2, -0.15) is 0 Å². The van der Waals surface area contributed by atoms with Crippen molar-refractivity contribution in [2.24, 2.45) is 23.3 Å². The van der Waals surface area contributed by atoms with Crippen LogP contribution < -0.4 is 32.3 Å². The molecule has 1 fully saturated rings. The van der Waals surface area contributed by atoms with Crippen LogP contribution in [0.1, 0.15) is 74.8 Å². The first kappa shape index (κ1) is 36.5. The van der Waals surface area contributed by atoms with Gasteiger partial charge in [0.05, 0.1) is 12.0 Å². The number of esters is 1. The van der Waals surface area contributed by atoms with Gasteiger partial charge < -0.3 is 51.3 Å². The van der Waals surface area contributed by atoms with Gasteiger partial charge in [-0.15, -0.1) is 0 Å². The number of allylic oxidation sites excluding steroid dienone is 5. The highest BCUT2D eigenvalue weighted by Gasteiger charge is 2.55. The molecule has 6 atom stereocenters. The topological polar surface area (TPSA) is 203 Å². The Bertz CT molecular complexity index is 2320. The number of hydrogen-bond donors (Lipinski definition) is 7. The van der Waals surface area contributed by atoms with Crippen LogP contribution in [0, 0.1) is 11.8 Å². The molecule has 0 saturated heterocycles. The number of aromatic hydroxyl groups is 2. The van der Waals surface area contributed by atoms with E-state index in [1.165, 1.54) is 6.07 Å². The van der Waals surface area contributed by atoms with Crippen LogP contribution in [-0.4, -0.2) is 45.7 Å². The second kappa shape index (κ2) is 14.0. The van der Waals surface area contributed by atoms with Gasteiger partial charge in [-0.3, -0.25) is 4.79 Å². The summed E-state index contributed by atoms with van der Waals surface area (Å²) in [5.74, 6) is -0.649. The van der Waals surface area contributed by atoms with Gasteiger partial charge in [0.15, 0.2) is 5.43 Å². The Morgan fingerprint density at radius 2 is 1.98 bits per heavy atom. The number of carbonyl (C=O) groups is 1. The highest BCUT2D eigenvalue weighted by molar-refractivity contribution is 5.92.